The Bertz CT molecular complexity index is 610. The van der Waals surface area contributed by atoms with Gasteiger partial charge in [-0.05, 0) is 35.6 Å². The predicted molar refractivity (Wildman–Crippen MR) is 92.6 cm³/mol. The van der Waals surface area contributed by atoms with Gasteiger partial charge in [-0.25, -0.2) is 0 Å². The Labute approximate surface area is 141 Å². The molecule has 5 heteroatoms. The number of rotatable bonds is 7. The maximum absolute atomic E-state index is 12.5. The third-order valence-electron chi connectivity index (χ3n) is 3.96. The zero-order valence-electron chi connectivity index (χ0n) is 13.7. The standard InChI is InChI=1S/C18H23NO3S/c1-4-15(16-6-5-11-23-16)19-18(21)12(2)17(20)13-7-9-14(22-3)10-8-13/h5-12,15,17,20H,4H2,1-3H3,(H,19,21)/t12-,15+,17+/m1/s1. The van der Waals surface area contributed by atoms with E-state index in [1.165, 1.54) is 0 Å². The summed E-state index contributed by atoms with van der Waals surface area (Å²) in [5.41, 5.74) is 0.706. The monoisotopic (exact) mass is 333 g/mol. The van der Waals surface area contributed by atoms with Crippen molar-refractivity contribution in [1.29, 1.82) is 0 Å². The molecule has 0 unspecified atom stereocenters. The highest BCUT2D eigenvalue weighted by Crippen LogP contribution is 2.26. The van der Waals surface area contributed by atoms with Gasteiger partial charge in [0, 0.05) is 4.88 Å². The largest absolute Gasteiger partial charge is 0.497 e. The van der Waals surface area contributed by atoms with Crippen molar-refractivity contribution < 1.29 is 14.6 Å². The molecule has 124 valence electrons. The normalized spacial score (nSPS) is 14.8. The number of hydrogen-bond donors (Lipinski definition) is 2. The summed E-state index contributed by atoms with van der Waals surface area (Å²) in [4.78, 5) is 13.6. The van der Waals surface area contributed by atoms with Crippen molar-refractivity contribution in [2.24, 2.45) is 5.92 Å². The molecule has 0 radical (unpaired) electrons. The number of carbonyl (C=O) groups excluding carboxylic acids is 1. The second-order valence-corrected chi connectivity index (χ2v) is 6.47. The van der Waals surface area contributed by atoms with Gasteiger partial charge in [0.15, 0.2) is 0 Å². The van der Waals surface area contributed by atoms with Crippen molar-refractivity contribution in [2.75, 3.05) is 7.11 Å². The molecule has 1 amide bonds. The zero-order valence-corrected chi connectivity index (χ0v) is 14.5. The molecule has 0 saturated carbocycles. The SMILES string of the molecule is CC[C@H](NC(=O)[C@H](C)[C@H](O)c1ccc(OC)cc1)c1cccs1. The number of ether oxygens (including phenoxy) is 1. The van der Waals surface area contributed by atoms with Gasteiger partial charge in [-0.1, -0.05) is 32.0 Å². The van der Waals surface area contributed by atoms with Crippen LogP contribution in [0.4, 0.5) is 0 Å². The molecule has 0 spiro atoms. The summed E-state index contributed by atoms with van der Waals surface area (Å²) in [5, 5.41) is 15.5. The van der Waals surface area contributed by atoms with E-state index in [1.807, 2.05) is 24.4 Å². The number of aliphatic hydroxyl groups excluding tert-OH is 1. The van der Waals surface area contributed by atoms with Gasteiger partial charge < -0.3 is 15.2 Å². The first-order chi connectivity index (χ1) is 11.1. The minimum Gasteiger partial charge on any atom is -0.497 e. The fourth-order valence-electron chi connectivity index (χ4n) is 2.40. The summed E-state index contributed by atoms with van der Waals surface area (Å²) < 4.78 is 5.11. The summed E-state index contributed by atoms with van der Waals surface area (Å²) in [7, 11) is 1.59. The summed E-state index contributed by atoms with van der Waals surface area (Å²) in [6, 6.07) is 11.1. The number of methoxy groups -OCH3 is 1. The van der Waals surface area contributed by atoms with E-state index in [2.05, 4.69) is 5.32 Å². The van der Waals surface area contributed by atoms with Crippen molar-refractivity contribution in [3.05, 3.63) is 52.2 Å². The van der Waals surface area contributed by atoms with Gasteiger partial charge in [0.1, 0.15) is 5.75 Å². The van der Waals surface area contributed by atoms with E-state index in [0.717, 1.165) is 17.0 Å². The fraction of sp³-hybridized carbons (Fsp3) is 0.389. The molecule has 4 nitrogen and oxygen atoms in total. The van der Waals surface area contributed by atoms with E-state index in [1.54, 1.807) is 49.6 Å². The molecule has 2 rings (SSSR count). The molecule has 2 N–H and O–H groups in total. The summed E-state index contributed by atoms with van der Waals surface area (Å²) in [5.74, 6) is 0.0489. The van der Waals surface area contributed by atoms with Gasteiger partial charge in [-0.3, -0.25) is 4.79 Å². The second kappa shape index (κ2) is 8.13. The van der Waals surface area contributed by atoms with Crippen LogP contribution in [0.3, 0.4) is 0 Å². The van der Waals surface area contributed by atoms with Crippen LogP contribution in [-0.4, -0.2) is 18.1 Å². The first kappa shape index (κ1) is 17.5. The van der Waals surface area contributed by atoms with Crippen LogP contribution in [0.1, 0.15) is 42.9 Å². The third-order valence-corrected chi connectivity index (χ3v) is 4.94. The Balaban J connectivity index is 2.02. The highest BCUT2D eigenvalue weighted by molar-refractivity contribution is 7.10. The van der Waals surface area contributed by atoms with Crippen molar-refractivity contribution in [3.8, 4) is 5.75 Å². The first-order valence-corrected chi connectivity index (χ1v) is 8.60. The molecule has 23 heavy (non-hydrogen) atoms. The molecule has 3 atom stereocenters. The van der Waals surface area contributed by atoms with Crippen molar-refractivity contribution in [1.82, 2.24) is 5.32 Å². The molecule has 1 aromatic carbocycles. The molecule has 1 heterocycles. The van der Waals surface area contributed by atoms with Gasteiger partial charge in [0.2, 0.25) is 5.91 Å². The lowest BCUT2D eigenvalue weighted by Crippen LogP contribution is -2.35. The molecule has 1 aromatic heterocycles. The van der Waals surface area contributed by atoms with Gasteiger partial charge in [-0.2, -0.15) is 0 Å². The van der Waals surface area contributed by atoms with Crippen LogP contribution in [-0.2, 0) is 4.79 Å². The van der Waals surface area contributed by atoms with Gasteiger partial charge >= 0.3 is 0 Å². The molecular weight excluding hydrogens is 310 g/mol. The molecule has 0 aliphatic heterocycles. The van der Waals surface area contributed by atoms with Crippen LogP contribution in [0.2, 0.25) is 0 Å². The lowest BCUT2D eigenvalue weighted by Gasteiger charge is -2.22. The quantitative estimate of drug-likeness (QED) is 0.812. The maximum Gasteiger partial charge on any atom is 0.226 e. The minimum absolute atomic E-state index is 0.00647. The number of benzene rings is 1. The first-order valence-electron chi connectivity index (χ1n) is 7.72. The molecule has 0 saturated heterocycles. The van der Waals surface area contributed by atoms with Crippen molar-refractivity contribution in [3.63, 3.8) is 0 Å². The Morgan fingerprint density at radius 2 is 2.00 bits per heavy atom. The van der Waals surface area contributed by atoms with Gasteiger partial charge in [0.25, 0.3) is 0 Å². The van der Waals surface area contributed by atoms with Crippen LogP contribution in [0, 0.1) is 5.92 Å². The molecule has 2 aromatic rings. The van der Waals surface area contributed by atoms with E-state index in [0.29, 0.717) is 5.56 Å². The van der Waals surface area contributed by atoms with Crippen LogP contribution < -0.4 is 10.1 Å². The number of nitrogens with one attached hydrogen (secondary N) is 1. The van der Waals surface area contributed by atoms with E-state index in [-0.39, 0.29) is 11.9 Å². The smallest absolute Gasteiger partial charge is 0.226 e. The van der Waals surface area contributed by atoms with E-state index in [9.17, 15) is 9.90 Å². The number of thiophene rings is 1. The highest BCUT2D eigenvalue weighted by atomic mass is 32.1. The van der Waals surface area contributed by atoms with Gasteiger partial charge in [0.05, 0.1) is 25.2 Å². The Morgan fingerprint density at radius 1 is 1.30 bits per heavy atom. The van der Waals surface area contributed by atoms with Crippen LogP contribution in [0.5, 0.6) is 5.75 Å². The van der Waals surface area contributed by atoms with E-state index >= 15 is 0 Å². The Kier molecular flexibility index (Phi) is 6.19. The lowest BCUT2D eigenvalue weighted by molar-refractivity contribution is -0.128. The average molecular weight is 333 g/mol. The van der Waals surface area contributed by atoms with Crippen molar-refractivity contribution >= 4 is 17.2 Å². The number of carbonyl (C=O) groups is 1. The molecular formula is C18H23NO3S. The summed E-state index contributed by atoms with van der Waals surface area (Å²) in [6.45, 7) is 3.78. The number of amides is 1. The molecule has 0 aliphatic rings. The zero-order chi connectivity index (χ0) is 16.8. The number of hydrogen-bond acceptors (Lipinski definition) is 4. The fourth-order valence-corrected chi connectivity index (χ4v) is 3.26. The lowest BCUT2D eigenvalue weighted by atomic mass is 9.96. The molecule has 0 bridgehead atoms. The van der Waals surface area contributed by atoms with Crippen LogP contribution in [0.25, 0.3) is 0 Å². The van der Waals surface area contributed by atoms with Crippen molar-refractivity contribution in [2.45, 2.75) is 32.4 Å². The van der Waals surface area contributed by atoms with Crippen LogP contribution >= 0.6 is 11.3 Å². The van der Waals surface area contributed by atoms with E-state index < -0.39 is 12.0 Å². The van der Waals surface area contributed by atoms with Crippen LogP contribution in [0.15, 0.2) is 41.8 Å². The van der Waals surface area contributed by atoms with Gasteiger partial charge in [-0.15, -0.1) is 11.3 Å². The molecule has 0 fully saturated rings. The average Bonchev–Trinajstić information content (AvgIpc) is 3.12. The topological polar surface area (TPSA) is 58.6 Å². The Hall–Kier alpha value is -1.85. The minimum atomic E-state index is -0.846. The highest BCUT2D eigenvalue weighted by Gasteiger charge is 2.25. The second-order valence-electron chi connectivity index (χ2n) is 5.49. The molecule has 0 aliphatic carbocycles. The summed E-state index contributed by atoms with van der Waals surface area (Å²) >= 11 is 1.63. The van der Waals surface area contributed by atoms with E-state index in [4.69, 9.17) is 4.74 Å². The third kappa shape index (κ3) is 4.33. The number of aliphatic hydroxyl groups is 1. The summed E-state index contributed by atoms with van der Waals surface area (Å²) in [6.07, 6.45) is -0.0285. The Morgan fingerprint density at radius 3 is 2.52 bits per heavy atom. The maximum atomic E-state index is 12.5. The predicted octanol–water partition coefficient (Wildman–Crippen LogP) is 3.69.